The second-order valence-corrected chi connectivity index (χ2v) is 5.80. The number of hydrogen-bond acceptors (Lipinski definition) is 4. The Kier molecular flexibility index (Phi) is 5.33. The zero-order valence-corrected chi connectivity index (χ0v) is 13.9. The Hall–Kier alpha value is -2.53. The quantitative estimate of drug-likeness (QED) is 0.793. The van der Waals surface area contributed by atoms with E-state index in [1.54, 1.807) is 25.5 Å². The molecule has 0 N–H and O–H groups in total. The van der Waals surface area contributed by atoms with Gasteiger partial charge in [-0.25, -0.2) is 0 Å². The summed E-state index contributed by atoms with van der Waals surface area (Å²) in [7, 11) is 1.67. The first-order valence-electron chi connectivity index (χ1n) is 8.10. The van der Waals surface area contributed by atoms with Gasteiger partial charge in [-0.3, -0.25) is 9.69 Å². The molecule has 1 saturated heterocycles. The van der Waals surface area contributed by atoms with E-state index < -0.39 is 0 Å². The molecular weight excluding hydrogens is 304 g/mol. The van der Waals surface area contributed by atoms with E-state index >= 15 is 0 Å². The van der Waals surface area contributed by atoms with Crippen LogP contribution in [0.25, 0.3) is 6.08 Å². The fourth-order valence-electron chi connectivity index (χ4n) is 2.76. The van der Waals surface area contributed by atoms with Gasteiger partial charge in [0.05, 0.1) is 13.4 Å². The molecule has 3 rings (SSSR count). The number of methoxy groups -OCH3 is 1. The van der Waals surface area contributed by atoms with Crippen molar-refractivity contribution < 1.29 is 13.9 Å². The molecule has 0 aliphatic carbocycles. The number of carbonyl (C=O) groups excluding carboxylic acids is 1. The molecule has 2 heterocycles. The number of rotatable bonds is 5. The minimum atomic E-state index is 0.0375. The molecule has 1 aromatic carbocycles. The summed E-state index contributed by atoms with van der Waals surface area (Å²) in [4.78, 5) is 16.4. The van der Waals surface area contributed by atoms with Gasteiger partial charge in [0.2, 0.25) is 5.91 Å². The van der Waals surface area contributed by atoms with Gasteiger partial charge in [0, 0.05) is 38.8 Å². The van der Waals surface area contributed by atoms with Crippen molar-refractivity contribution in [1.82, 2.24) is 9.80 Å². The predicted molar refractivity (Wildman–Crippen MR) is 92.6 cm³/mol. The van der Waals surface area contributed by atoms with E-state index in [9.17, 15) is 4.79 Å². The van der Waals surface area contributed by atoms with E-state index in [1.165, 1.54) is 5.56 Å². The molecule has 0 radical (unpaired) electrons. The van der Waals surface area contributed by atoms with Crippen LogP contribution >= 0.6 is 0 Å². The molecule has 24 heavy (non-hydrogen) atoms. The van der Waals surface area contributed by atoms with E-state index in [0.717, 1.165) is 38.5 Å². The third kappa shape index (κ3) is 4.26. The van der Waals surface area contributed by atoms with Crippen LogP contribution in [0.15, 0.2) is 53.2 Å². The number of amides is 1. The number of furan rings is 1. The highest BCUT2D eigenvalue weighted by atomic mass is 16.5. The van der Waals surface area contributed by atoms with Gasteiger partial charge < -0.3 is 14.1 Å². The normalized spacial score (nSPS) is 15.8. The molecule has 126 valence electrons. The second kappa shape index (κ2) is 7.84. The minimum Gasteiger partial charge on any atom is -0.497 e. The predicted octanol–water partition coefficient (Wildman–Crippen LogP) is 2.65. The molecule has 1 aromatic heterocycles. The molecule has 0 saturated carbocycles. The van der Waals surface area contributed by atoms with Crippen LogP contribution < -0.4 is 4.74 Å². The highest BCUT2D eigenvalue weighted by Gasteiger charge is 2.19. The van der Waals surface area contributed by atoms with Crippen LogP contribution in [0.4, 0.5) is 0 Å². The zero-order valence-electron chi connectivity index (χ0n) is 13.9. The first kappa shape index (κ1) is 16.3. The van der Waals surface area contributed by atoms with Gasteiger partial charge in [-0.1, -0.05) is 12.1 Å². The summed E-state index contributed by atoms with van der Waals surface area (Å²) >= 11 is 0. The van der Waals surface area contributed by atoms with Crippen molar-refractivity contribution in [1.29, 1.82) is 0 Å². The Labute approximate surface area is 142 Å². The average molecular weight is 326 g/mol. The van der Waals surface area contributed by atoms with Crippen molar-refractivity contribution in [2.45, 2.75) is 6.54 Å². The minimum absolute atomic E-state index is 0.0375. The zero-order chi connectivity index (χ0) is 16.8. The maximum absolute atomic E-state index is 12.2. The Bertz CT molecular complexity index is 669. The van der Waals surface area contributed by atoms with Crippen LogP contribution in [-0.4, -0.2) is 49.0 Å². The average Bonchev–Trinajstić information content (AvgIpc) is 3.14. The lowest BCUT2D eigenvalue weighted by Gasteiger charge is -2.34. The molecule has 0 unspecified atom stereocenters. The SMILES string of the molecule is COc1ccc(CN2CCN(C(=O)/C=C/c3ccco3)CC2)cc1. The van der Waals surface area contributed by atoms with Gasteiger partial charge in [-0.05, 0) is 35.9 Å². The number of benzene rings is 1. The molecule has 0 spiro atoms. The number of nitrogens with zero attached hydrogens (tertiary/aromatic N) is 2. The summed E-state index contributed by atoms with van der Waals surface area (Å²) in [5, 5.41) is 0. The Morgan fingerprint density at radius 1 is 1.17 bits per heavy atom. The molecule has 1 amide bonds. The summed E-state index contributed by atoms with van der Waals surface area (Å²) in [5.41, 5.74) is 1.26. The Balaban J connectivity index is 1.47. The van der Waals surface area contributed by atoms with Gasteiger partial charge >= 0.3 is 0 Å². The third-order valence-corrected chi connectivity index (χ3v) is 4.18. The van der Waals surface area contributed by atoms with E-state index in [0.29, 0.717) is 5.76 Å². The highest BCUT2D eigenvalue weighted by molar-refractivity contribution is 5.91. The lowest BCUT2D eigenvalue weighted by Crippen LogP contribution is -2.47. The van der Waals surface area contributed by atoms with E-state index in [2.05, 4.69) is 17.0 Å². The molecule has 0 bridgehead atoms. The maximum atomic E-state index is 12.2. The number of carbonyl (C=O) groups is 1. The fraction of sp³-hybridized carbons (Fsp3) is 0.316. The van der Waals surface area contributed by atoms with Crippen LogP contribution in [0.1, 0.15) is 11.3 Å². The molecule has 2 aromatic rings. The second-order valence-electron chi connectivity index (χ2n) is 5.80. The summed E-state index contributed by atoms with van der Waals surface area (Å²) < 4.78 is 10.4. The van der Waals surface area contributed by atoms with Crippen LogP contribution in [0, 0.1) is 0 Å². The highest BCUT2D eigenvalue weighted by Crippen LogP contribution is 2.14. The lowest BCUT2D eigenvalue weighted by molar-refractivity contribution is -0.127. The maximum Gasteiger partial charge on any atom is 0.246 e. The number of ether oxygens (including phenoxy) is 1. The summed E-state index contributed by atoms with van der Waals surface area (Å²) in [5.74, 6) is 1.61. The molecule has 1 fully saturated rings. The van der Waals surface area contributed by atoms with Crippen LogP contribution in [0.3, 0.4) is 0 Å². The van der Waals surface area contributed by atoms with Crippen LogP contribution in [-0.2, 0) is 11.3 Å². The molecule has 1 aliphatic heterocycles. The van der Waals surface area contributed by atoms with Crippen molar-refractivity contribution in [2.24, 2.45) is 0 Å². The summed E-state index contributed by atoms with van der Waals surface area (Å²) in [6, 6.07) is 11.8. The molecular formula is C19H22N2O3. The Morgan fingerprint density at radius 3 is 2.54 bits per heavy atom. The van der Waals surface area contributed by atoms with E-state index in [1.807, 2.05) is 29.2 Å². The number of hydrogen-bond donors (Lipinski definition) is 0. The first-order chi connectivity index (χ1) is 11.7. The van der Waals surface area contributed by atoms with Crippen molar-refractivity contribution in [3.63, 3.8) is 0 Å². The van der Waals surface area contributed by atoms with Gasteiger partial charge in [0.25, 0.3) is 0 Å². The van der Waals surface area contributed by atoms with Crippen LogP contribution in [0.2, 0.25) is 0 Å². The van der Waals surface area contributed by atoms with E-state index in [4.69, 9.17) is 9.15 Å². The van der Waals surface area contributed by atoms with Crippen molar-refractivity contribution >= 4 is 12.0 Å². The number of piperazine rings is 1. The monoisotopic (exact) mass is 326 g/mol. The lowest BCUT2D eigenvalue weighted by atomic mass is 10.2. The van der Waals surface area contributed by atoms with Crippen molar-refractivity contribution in [3.05, 3.63) is 60.1 Å². The fourth-order valence-corrected chi connectivity index (χ4v) is 2.76. The van der Waals surface area contributed by atoms with Gasteiger partial charge in [-0.2, -0.15) is 0 Å². The molecule has 1 aliphatic rings. The first-order valence-corrected chi connectivity index (χ1v) is 8.10. The molecule has 5 nitrogen and oxygen atoms in total. The van der Waals surface area contributed by atoms with Crippen LogP contribution in [0.5, 0.6) is 5.75 Å². The standard InChI is InChI=1S/C19H22N2O3/c1-23-17-6-4-16(5-7-17)15-20-10-12-21(13-11-20)19(22)9-8-18-3-2-14-24-18/h2-9,14H,10-13,15H2,1H3/b9-8+. The Morgan fingerprint density at radius 2 is 1.92 bits per heavy atom. The van der Waals surface area contributed by atoms with Crippen molar-refractivity contribution in [2.75, 3.05) is 33.3 Å². The largest absolute Gasteiger partial charge is 0.497 e. The smallest absolute Gasteiger partial charge is 0.246 e. The molecule has 5 heteroatoms. The summed E-state index contributed by atoms with van der Waals surface area (Å²) in [6.45, 7) is 4.15. The molecule has 0 atom stereocenters. The third-order valence-electron chi connectivity index (χ3n) is 4.18. The van der Waals surface area contributed by atoms with Gasteiger partial charge in [0.15, 0.2) is 0 Å². The topological polar surface area (TPSA) is 45.9 Å². The summed E-state index contributed by atoms with van der Waals surface area (Å²) in [6.07, 6.45) is 4.89. The van der Waals surface area contributed by atoms with Gasteiger partial charge in [-0.15, -0.1) is 0 Å². The van der Waals surface area contributed by atoms with E-state index in [-0.39, 0.29) is 5.91 Å². The van der Waals surface area contributed by atoms with Crippen molar-refractivity contribution in [3.8, 4) is 5.75 Å². The van der Waals surface area contributed by atoms with Gasteiger partial charge in [0.1, 0.15) is 11.5 Å².